The minimum atomic E-state index is -5.96. The topological polar surface area (TPSA) is 9.23 Å². The summed E-state index contributed by atoms with van der Waals surface area (Å²) in [6, 6.07) is 0. The third kappa shape index (κ3) is 5.86. The molecule has 0 atom stereocenters. The summed E-state index contributed by atoms with van der Waals surface area (Å²) in [6.45, 7) is 4.39. The molecule has 3 rings (SSSR count). The predicted molar refractivity (Wildman–Crippen MR) is 142 cm³/mol. The van der Waals surface area contributed by atoms with E-state index in [2.05, 4.69) is 0 Å². The minimum absolute atomic E-state index is 0.0702. The molecule has 0 aliphatic carbocycles. The van der Waals surface area contributed by atoms with Crippen molar-refractivity contribution >= 4 is 30.0 Å². The van der Waals surface area contributed by atoms with E-state index < -0.39 is 130 Å². The van der Waals surface area contributed by atoms with Gasteiger partial charge < -0.3 is 4.65 Å². The summed E-state index contributed by atoms with van der Waals surface area (Å²) in [7, 11) is -1.63. The largest absolute Gasteiger partial charge is 0.579 e. The minimum Gasteiger partial charge on any atom is -0.579 e. The number of rotatable bonds is 12. The Hall–Kier alpha value is -2.94. The molecule has 0 aliphatic heterocycles. The molecule has 46 heavy (non-hydrogen) atoms. The van der Waals surface area contributed by atoms with Crippen LogP contribution in [0.25, 0.3) is 0 Å². The summed E-state index contributed by atoms with van der Waals surface area (Å²) in [5.41, 5.74) is -8.29. The predicted octanol–water partition coefficient (Wildman–Crippen LogP) is 7.61. The average molecular weight is 702 g/mol. The second-order valence-corrected chi connectivity index (χ2v) is 15.4. The molecule has 0 radical (unpaired) electrons. The van der Waals surface area contributed by atoms with Crippen molar-refractivity contribution in [2.45, 2.75) is 33.6 Å². The van der Waals surface area contributed by atoms with Gasteiger partial charge in [-0.2, -0.15) is 0 Å². The van der Waals surface area contributed by atoms with E-state index in [-0.39, 0.29) is 6.42 Å². The van der Waals surface area contributed by atoms with Crippen LogP contribution in [0.15, 0.2) is 0 Å². The first kappa shape index (κ1) is 37.5. The Morgan fingerprint density at radius 2 is 0.630 bits per heavy atom. The van der Waals surface area contributed by atoms with Crippen molar-refractivity contribution in [1.29, 1.82) is 0 Å². The second kappa shape index (κ2) is 14.0. The van der Waals surface area contributed by atoms with Gasteiger partial charge in [-0.15, -0.1) is 0 Å². The molecule has 0 spiro atoms. The fraction of sp³-hybridized carbons (Fsp3) is 0.357. The second-order valence-electron chi connectivity index (χ2n) is 10.3. The van der Waals surface area contributed by atoms with Gasteiger partial charge in [-0.25, -0.2) is 65.9 Å². The lowest BCUT2D eigenvalue weighted by atomic mass is 9.27. The average Bonchev–Trinajstić information content (AvgIpc) is 3.04. The van der Waals surface area contributed by atoms with Gasteiger partial charge in [-0.05, 0) is 33.6 Å². The number of benzene rings is 3. The Balaban J connectivity index is 2.58. The SMILES string of the molecule is CC[P+](CC)(CC)CCCCO[B-](c1c(F)c(F)c(F)c(F)c1F)(c1c(F)c(F)c(F)c(F)c1F)c1c(F)c(F)c(F)c(F)c1F. The van der Waals surface area contributed by atoms with Gasteiger partial charge in [0.2, 0.25) is 6.35 Å². The zero-order valence-electron chi connectivity index (χ0n) is 24.1. The molecule has 0 aromatic heterocycles. The van der Waals surface area contributed by atoms with Gasteiger partial charge in [0.25, 0.3) is 0 Å². The molecule has 0 saturated heterocycles. The molecule has 3 aromatic carbocycles. The van der Waals surface area contributed by atoms with Crippen LogP contribution in [-0.2, 0) is 4.65 Å². The van der Waals surface area contributed by atoms with Gasteiger partial charge in [0.15, 0.2) is 52.4 Å². The molecule has 18 heteroatoms. The highest BCUT2D eigenvalue weighted by Crippen LogP contribution is 2.58. The normalized spacial score (nSPS) is 12.4. The molecule has 0 amide bonds. The van der Waals surface area contributed by atoms with Crippen molar-refractivity contribution < 1.29 is 70.5 Å². The van der Waals surface area contributed by atoms with Crippen molar-refractivity contribution in [3.63, 3.8) is 0 Å². The Morgan fingerprint density at radius 3 is 0.870 bits per heavy atom. The monoisotopic (exact) mass is 702 g/mol. The molecule has 0 heterocycles. The summed E-state index contributed by atoms with van der Waals surface area (Å²) in [4.78, 5) is 0. The first-order valence-electron chi connectivity index (χ1n) is 13.6. The lowest BCUT2D eigenvalue weighted by Gasteiger charge is -2.44. The Labute approximate surface area is 253 Å². The lowest BCUT2D eigenvalue weighted by molar-refractivity contribution is 0.304. The first-order valence-corrected chi connectivity index (χ1v) is 16.1. The summed E-state index contributed by atoms with van der Waals surface area (Å²) in [6.07, 6.45) is -3.72. The van der Waals surface area contributed by atoms with Gasteiger partial charge in [0.1, 0.15) is 34.9 Å². The van der Waals surface area contributed by atoms with Gasteiger partial charge in [0, 0.05) is 13.9 Å². The van der Waals surface area contributed by atoms with Crippen LogP contribution in [0.2, 0.25) is 0 Å². The third-order valence-corrected chi connectivity index (χ3v) is 13.6. The zero-order chi connectivity index (χ0) is 35.0. The fourth-order valence-corrected chi connectivity index (χ4v) is 8.76. The van der Waals surface area contributed by atoms with Crippen molar-refractivity contribution in [2.24, 2.45) is 0 Å². The van der Waals surface area contributed by atoms with E-state index in [1.807, 2.05) is 20.8 Å². The molecule has 0 N–H and O–H groups in total. The summed E-state index contributed by atoms with van der Waals surface area (Å²) in [5.74, 6) is -45.8. The molecule has 0 unspecified atom stereocenters. The standard InChI is InChI=1S/C28H23BF15OP/c1-4-46(5-2,6-3)10-8-7-9-45-29(11-14(30)20(36)26(42)21(37)15(11)31,12-16(32)22(38)27(43)23(39)17(12)33)13-18(34)24(40)28(44)25(41)19(13)35/h4-10H2,1-3H3. The van der Waals surface area contributed by atoms with Crippen molar-refractivity contribution in [1.82, 2.24) is 0 Å². The van der Waals surface area contributed by atoms with Crippen LogP contribution in [0.3, 0.4) is 0 Å². The van der Waals surface area contributed by atoms with Crippen LogP contribution < -0.4 is 16.4 Å². The smallest absolute Gasteiger partial charge is 0.216 e. The van der Waals surface area contributed by atoms with E-state index in [9.17, 15) is 39.5 Å². The molecular weight excluding hydrogens is 679 g/mol. The van der Waals surface area contributed by atoms with Crippen LogP contribution in [0.4, 0.5) is 65.9 Å². The van der Waals surface area contributed by atoms with E-state index in [0.29, 0.717) is 24.6 Å². The van der Waals surface area contributed by atoms with Gasteiger partial charge in [0.05, 0.1) is 24.6 Å². The van der Waals surface area contributed by atoms with E-state index >= 15 is 26.3 Å². The van der Waals surface area contributed by atoms with E-state index in [4.69, 9.17) is 4.65 Å². The van der Waals surface area contributed by atoms with Crippen LogP contribution >= 0.6 is 7.26 Å². The first-order chi connectivity index (χ1) is 21.4. The quantitative estimate of drug-likeness (QED) is 0.0472. The third-order valence-electron chi connectivity index (χ3n) is 8.36. The molecule has 0 bridgehead atoms. The van der Waals surface area contributed by atoms with Crippen LogP contribution in [0.1, 0.15) is 33.6 Å². The number of hydrogen-bond donors (Lipinski definition) is 0. The van der Waals surface area contributed by atoms with E-state index in [0.717, 1.165) is 0 Å². The molecule has 0 aliphatic rings. The lowest BCUT2D eigenvalue weighted by Crippen LogP contribution is -2.75. The molecule has 0 fully saturated rings. The number of halogens is 15. The maximum Gasteiger partial charge on any atom is 0.216 e. The molecular formula is C28H23BF15OP. The summed E-state index contributed by atoms with van der Waals surface area (Å²) in [5, 5.41) is 0. The van der Waals surface area contributed by atoms with Crippen LogP contribution in [0, 0.1) is 87.3 Å². The van der Waals surface area contributed by atoms with Crippen LogP contribution in [-0.4, -0.2) is 37.6 Å². The Morgan fingerprint density at radius 1 is 0.391 bits per heavy atom. The Kier molecular flexibility index (Phi) is 11.5. The number of hydrogen-bond acceptors (Lipinski definition) is 1. The fourth-order valence-electron chi connectivity index (χ4n) is 5.57. The zero-order valence-corrected chi connectivity index (χ0v) is 24.9. The Bertz CT molecular complexity index is 1400. The van der Waals surface area contributed by atoms with Crippen molar-refractivity contribution in [3.8, 4) is 0 Å². The van der Waals surface area contributed by atoms with Crippen LogP contribution in [0.5, 0.6) is 0 Å². The van der Waals surface area contributed by atoms with E-state index in [1.54, 1.807) is 0 Å². The molecule has 0 saturated carbocycles. The number of unbranched alkanes of at least 4 members (excludes halogenated alkanes) is 1. The highest BCUT2D eigenvalue weighted by molar-refractivity contribution is 7.75. The molecule has 254 valence electrons. The van der Waals surface area contributed by atoms with Gasteiger partial charge in [-0.1, -0.05) is 16.4 Å². The van der Waals surface area contributed by atoms with Crippen molar-refractivity contribution in [3.05, 3.63) is 87.3 Å². The molecule has 3 aromatic rings. The maximum absolute atomic E-state index is 15.4. The van der Waals surface area contributed by atoms with E-state index in [1.165, 1.54) is 0 Å². The van der Waals surface area contributed by atoms with Crippen molar-refractivity contribution in [2.75, 3.05) is 31.3 Å². The summed E-state index contributed by atoms with van der Waals surface area (Å²) >= 11 is 0. The van der Waals surface area contributed by atoms with Gasteiger partial charge in [-0.3, -0.25) is 0 Å². The highest BCUT2D eigenvalue weighted by atomic mass is 31.2. The summed E-state index contributed by atoms with van der Waals surface area (Å²) < 4.78 is 227. The maximum atomic E-state index is 15.4. The molecule has 1 nitrogen and oxygen atoms in total. The highest BCUT2D eigenvalue weighted by Gasteiger charge is 2.49. The van der Waals surface area contributed by atoms with Gasteiger partial charge >= 0.3 is 0 Å².